The molecule has 0 aliphatic heterocycles. The van der Waals surface area contributed by atoms with Gasteiger partial charge >= 0.3 is 6.01 Å². The number of benzene rings is 2. The first-order valence-corrected chi connectivity index (χ1v) is 11.5. The average molecular weight is 453 g/mol. The number of hydrogen-bond acceptors (Lipinski definition) is 5. The molecule has 0 radical (unpaired) electrons. The fraction of sp³-hybridized carbons (Fsp3) is 0.217. The number of nitrogens with one attached hydrogen (secondary N) is 2. The number of amides is 1. The number of hydrogen-bond donors (Lipinski definition) is 2. The first-order valence-electron chi connectivity index (χ1n) is 10.1. The summed E-state index contributed by atoms with van der Waals surface area (Å²) in [5.74, 6) is -0.168. The first-order chi connectivity index (χ1) is 15.2. The van der Waals surface area contributed by atoms with E-state index in [2.05, 4.69) is 29.1 Å². The third-order valence-electron chi connectivity index (χ3n) is 5.29. The van der Waals surface area contributed by atoms with Gasteiger partial charge in [-0.1, -0.05) is 44.2 Å². The van der Waals surface area contributed by atoms with Crippen molar-refractivity contribution in [1.82, 2.24) is 14.3 Å². The van der Waals surface area contributed by atoms with E-state index < -0.39 is 15.9 Å². The Balaban J connectivity index is 1.89. The maximum atomic E-state index is 13.1. The summed E-state index contributed by atoms with van der Waals surface area (Å²) in [7, 11) is -0.583. The number of carbonyl (C=O) groups excluding carboxylic acids is 1. The van der Waals surface area contributed by atoms with Crippen LogP contribution in [0.5, 0.6) is 0 Å². The van der Waals surface area contributed by atoms with Crippen molar-refractivity contribution in [2.75, 3.05) is 19.4 Å². The molecule has 8 nitrogen and oxygen atoms in total. The number of aromatic amines is 1. The van der Waals surface area contributed by atoms with Crippen LogP contribution in [0.1, 0.15) is 35.8 Å². The largest absolute Gasteiger partial charge is 0.432 e. The van der Waals surface area contributed by atoms with Gasteiger partial charge in [0, 0.05) is 25.0 Å². The molecule has 0 aliphatic carbocycles. The Hall–Kier alpha value is -3.43. The average Bonchev–Trinajstić information content (AvgIpc) is 3.40. The zero-order valence-electron chi connectivity index (χ0n) is 18.2. The molecule has 0 saturated heterocycles. The second kappa shape index (κ2) is 8.25. The Kier molecular flexibility index (Phi) is 5.62. The number of para-hydroxylation sites is 1. The van der Waals surface area contributed by atoms with E-state index in [-0.39, 0.29) is 16.8 Å². The molecule has 2 aromatic heterocycles. The van der Waals surface area contributed by atoms with Crippen molar-refractivity contribution in [3.8, 4) is 11.1 Å². The van der Waals surface area contributed by atoms with Crippen molar-refractivity contribution in [3.05, 3.63) is 66.2 Å². The predicted molar refractivity (Wildman–Crippen MR) is 123 cm³/mol. The topological polar surface area (TPSA) is 108 Å². The molecule has 1 amide bonds. The van der Waals surface area contributed by atoms with Crippen LogP contribution in [0.4, 0.5) is 6.01 Å². The highest BCUT2D eigenvalue weighted by Gasteiger charge is 2.23. The number of fused-ring (bicyclic) bond motifs is 1. The molecule has 0 unspecified atom stereocenters. The molecule has 0 aliphatic rings. The van der Waals surface area contributed by atoms with Crippen LogP contribution in [-0.4, -0.2) is 42.7 Å². The molecule has 0 saturated carbocycles. The zero-order chi connectivity index (χ0) is 23.0. The van der Waals surface area contributed by atoms with Gasteiger partial charge in [-0.2, -0.15) is 0 Å². The monoisotopic (exact) mass is 452 g/mol. The number of aromatic nitrogens is 2. The molecule has 2 N–H and O–H groups in total. The van der Waals surface area contributed by atoms with Crippen LogP contribution in [0.3, 0.4) is 0 Å². The smallest absolute Gasteiger partial charge is 0.301 e. The summed E-state index contributed by atoms with van der Waals surface area (Å²) in [5.41, 5.74) is 3.67. The Labute approximate surface area is 186 Å². The third kappa shape index (κ3) is 3.80. The second-order valence-corrected chi connectivity index (χ2v) is 10.1. The van der Waals surface area contributed by atoms with Gasteiger partial charge < -0.3 is 9.40 Å². The lowest BCUT2D eigenvalue weighted by Crippen LogP contribution is -2.22. The van der Waals surface area contributed by atoms with Gasteiger partial charge in [0.1, 0.15) is 12.0 Å². The highest BCUT2D eigenvalue weighted by atomic mass is 32.2. The van der Waals surface area contributed by atoms with Crippen molar-refractivity contribution in [2.24, 2.45) is 0 Å². The number of H-pyrrole nitrogens is 1. The molecular formula is C23H24N4O4S. The third-order valence-corrected chi connectivity index (χ3v) is 7.12. The summed E-state index contributed by atoms with van der Waals surface area (Å²) in [6.45, 7) is 4.17. The van der Waals surface area contributed by atoms with Gasteiger partial charge in [-0.3, -0.25) is 10.1 Å². The Morgan fingerprint density at radius 2 is 1.84 bits per heavy atom. The Morgan fingerprint density at radius 3 is 2.44 bits per heavy atom. The fourth-order valence-electron chi connectivity index (χ4n) is 3.64. The molecule has 4 aromatic rings. The van der Waals surface area contributed by atoms with E-state index in [1.165, 1.54) is 26.6 Å². The molecule has 0 bridgehead atoms. The molecule has 0 fully saturated rings. The van der Waals surface area contributed by atoms with Crippen molar-refractivity contribution in [1.29, 1.82) is 0 Å². The summed E-state index contributed by atoms with van der Waals surface area (Å²) >= 11 is 0. The molecule has 9 heteroatoms. The van der Waals surface area contributed by atoms with Gasteiger partial charge in [-0.05, 0) is 29.2 Å². The summed E-state index contributed by atoms with van der Waals surface area (Å²) in [6.07, 6.45) is 2.82. The van der Waals surface area contributed by atoms with Crippen molar-refractivity contribution in [3.63, 3.8) is 0 Å². The minimum atomic E-state index is -3.56. The van der Waals surface area contributed by atoms with E-state index >= 15 is 0 Å². The summed E-state index contributed by atoms with van der Waals surface area (Å²) in [4.78, 5) is 20.5. The molecular weight excluding hydrogens is 428 g/mol. The number of anilines is 1. The molecule has 166 valence electrons. The highest BCUT2D eigenvalue weighted by molar-refractivity contribution is 7.89. The summed E-state index contributed by atoms with van der Waals surface area (Å²) in [6, 6.07) is 12.5. The Morgan fingerprint density at radius 1 is 1.12 bits per heavy atom. The van der Waals surface area contributed by atoms with E-state index in [0.29, 0.717) is 16.8 Å². The van der Waals surface area contributed by atoms with Gasteiger partial charge in [-0.25, -0.2) is 17.7 Å². The minimum Gasteiger partial charge on any atom is -0.432 e. The minimum absolute atomic E-state index is 0.0936. The van der Waals surface area contributed by atoms with Crippen molar-refractivity contribution in [2.45, 2.75) is 24.7 Å². The van der Waals surface area contributed by atoms with E-state index in [1.807, 2.05) is 18.2 Å². The number of nitrogens with zero attached hydrogens (tertiary/aromatic N) is 2. The van der Waals surface area contributed by atoms with E-state index in [9.17, 15) is 13.2 Å². The van der Waals surface area contributed by atoms with Gasteiger partial charge in [0.2, 0.25) is 10.0 Å². The zero-order valence-corrected chi connectivity index (χ0v) is 19.0. The van der Waals surface area contributed by atoms with Crippen molar-refractivity contribution < 1.29 is 17.6 Å². The van der Waals surface area contributed by atoms with Crippen LogP contribution in [0.25, 0.3) is 22.0 Å². The maximum absolute atomic E-state index is 13.1. The molecule has 0 spiro atoms. The van der Waals surface area contributed by atoms with E-state index in [4.69, 9.17) is 4.42 Å². The van der Waals surface area contributed by atoms with Crippen molar-refractivity contribution >= 4 is 32.8 Å². The van der Waals surface area contributed by atoms with E-state index in [1.54, 1.807) is 24.3 Å². The number of rotatable bonds is 6. The van der Waals surface area contributed by atoms with Crippen LogP contribution < -0.4 is 5.32 Å². The van der Waals surface area contributed by atoms with E-state index in [0.717, 1.165) is 20.8 Å². The van der Waals surface area contributed by atoms with Gasteiger partial charge in [0.15, 0.2) is 0 Å². The molecule has 2 aromatic carbocycles. The lowest BCUT2D eigenvalue weighted by Gasteiger charge is -2.12. The standard InChI is InChI=1S/C23H24N4O4S/c1-14(2)17-6-5-7-18-19(15-8-10-16(11-9-15)32(29,30)27(3)4)21(25-20(17)18)22(28)26-23-24-12-13-31-23/h5-14,25H,1-4H3,(H,24,26,28). The van der Waals surface area contributed by atoms with Gasteiger partial charge in [0.05, 0.1) is 16.6 Å². The number of carbonyl (C=O) groups is 1. The predicted octanol–water partition coefficient (Wildman–Crippen LogP) is 4.45. The summed E-state index contributed by atoms with van der Waals surface area (Å²) in [5, 5.41) is 3.53. The number of sulfonamides is 1. The van der Waals surface area contributed by atoms with Gasteiger partial charge in [-0.15, -0.1) is 0 Å². The molecule has 2 heterocycles. The quantitative estimate of drug-likeness (QED) is 0.449. The van der Waals surface area contributed by atoms with Crippen LogP contribution in [-0.2, 0) is 10.0 Å². The summed E-state index contributed by atoms with van der Waals surface area (Å²) < 4.78 is 31.2. The first kappa shape index (κ1) is 21.8. The Bertz CT molecular complexity index is 1370. The van der Waals surface area contributed by atoms with Crippen LogP contribution in [0.15, 0.2) is 64.2 Å². The van der Waals surface area contributed by atoms with Gasteiger partial charge in [0.25, 0.3) is 5.91 Å². The lowest BCUT2D eigenvalue weighted by atomic mass is 9.97. The molecule has 0 atom stereocenters. The lowest BCUT2D eigenvalue weighted by molar-refractivity contribution is 0.102. The van der Waals surface area contributed by atoms with Crippen LogP contribution >= 0.6 is 0 Å². The highest BCUT2D eigenvalue weighted by Crippen LogP contribution is 2.36. The second-order valence-electron chi connectivity index (χ2n) is 7.90. The van der Waals surface area contributed by atoms with Crippen LogP contribution in [0.2, 0.25) is 0 Å². The van der Waals surface area contributed by atoms with Crippen LogP contribution in [0, 0.1) is 0 Å². The normalized spacial score (nSPS) is 12.1. The maximum Gasteiger partial charge on any atom is 0.301 e. The molecule has 4 rings (SSSR count). The SMILES string of the molecule is CC(C)c1cccc2c(-c3ccc(S(=O)(=O)N(C)C)cc3)c(C(=O)Nc3ncco3)[nH]c12. The fourth-order valence-corrected chi connectivity index (χ4v) is 4.54. The molecule has 32 heavy (non-hydrogen) atoms. The number of oxazole rings is 1.